The lowest BCUT2D eigenvalue weighted by atomic mass is 10.4. The van der Waals surface area contributed by atoms with Crippen molar-refractivity contribution in [3.8, 4) is 0 Å². The SMILES string of the molecule is O=P(c1ccccc1)(c1ccccc1)c1cccc[n+]1[O-]. The largest absolute Gasteiger partial charge is 0.618 e. The Morgan fingerprint density at radius 3 is 1.67 bits per heavy atom. The van der Waals surface area contributed by atoms with E-state index < -0.39 is 7.14 Å². The number of pyridine rings is 1. The zero-order valence-corrected chi connectivity index (χ0v) is 12.2. The summed E-state index contributed by atoms with van der Waals surface area (Å²) in [5, 5.41) is 13.5. The maximum Gasteiger partial charge on any atom is 0.259 e. The van der Waals surface area contributed by atoms with Crippen molar-refractivity contribution < 1.29 is 9.30 Å². The van der Waals surface area contributed by atoms with Gasteiger partial charge >= 0.3 is 0 Å². The average Bonchev–Trinajstić information content (AvgIpc) is 2.56. The van der Waals surface area contributed by atoms with Gasteiger partial charge in [-0.15, -0.1) is 0 Å². The van der Waals surface area contributed by atoms with Crippen molar-refractivity contribution in [1.82, 2.24) is 0 Å². The predicted octanol–water partition coefficient (Wildman–Crippen LogP) is 1.96. The summed E-state index contributed by atoms with van der Waals surface area (Å²) in [5.41, 5.74) is 0.280. The molecular formula is C17H14NO2P. The van der Waals surface area contributed by atoms with Gasteiger partial charge in [-0.25, -0.2) is 0 Å². The minimum Gasteiger partial charge on any atom is -0.618 e. The van der Waals surface area contributed by atoms with Gasteiger partial charge in [0, 0.05) is 22.7 Å². The van der Waals surface area contributed by atoms with Gasteiger partial charge in [-0.2, -0.15) is 4.73 Å². The standard InChI is InChI=1S/C17H14NO2P/c19-18-14-8-7-13-17(18)21(20,15-9-3-1-4-10-15)16-11-5-2-6-12-16/h1-14H. The molecule has 0 amide bonds. The van der Waals surface area contributed by atoms with Crippen molar-refractivity contribution in [3.05, 3.63) is 90.3 Å². The smallest absolute Gasteiger partial charge is 0.259 e. The van der Waals surface area contributed by atoms with Crippen LogP contribution in [0.4, 0.5) is 0 Å². The second-order valence-electron chi connectivity index (χ2n) is 4.67. The monoisotopic (exact) mass is 295 g/mol. The Labute approximate surface area is 123 Å². The topological polar surface area (TPSA) is 44.0 Å². The normalized spacial score (nSPS) is 11.2. The van der Waals surface area contributed by atoms with Crippen LogP contribution in [0, 0.1) is 5.21 Å². The highest BCUT2D eigenvalue weighted by Crippen LogP contribution is 2.40. The maximum atomic E-state index is 13.8. The Kier molecular flexibility index (Phi) is 3.59. The van der Waals surface area contributed by atoms with Crippen molar-refractivity contribution in [2.24, 2.45) is 0 Å². The molecule has 0 saturated heterocycles. The second-order valence-corrected chi connectivity index (χ2v) is 7.37. The van der Waals surface area contributed by atoms with E-state index in [4.69, 9.17) is 0 Å². The van der Waals surface area contributed by atoms with Crippen LogP contribution < -0.4 is 20.8 Å². The molecule has 1 aromatic heterocycles. The van der Waals surface area contributed by atoms with Crippen molar-refractivity contribution in [3.63, 3.8) is 0 Å². The first kappa shape index (κ1) is 13.6. The summed E-state index contributed by atoms with van der Waals surface area (Å²) in [6.07, 6.45) is 1.38. The quantitative estimate of drug-likeness (QED) is 0.421. The Balaban J connectivity index is 2.32. The third-order valence-corrected chi connectivity index (χ3v) is 6.41. The number of rotatable bonds is 3. The Morgan fingerprint density at radius 2 is 1.19 bits per heavy atom. The van der Waals surface area contributed by atoms with E-state index in [0.29, 0.717) is 15.3 Å². The lowest BCUT2D eigenvalue weighted by molar-refractivity contribution is -0.586. The lowest BCUT2D eigenvalue weighted by Gasteiger charge is -2.18. The van der Waals surface area contributed by atoms with Gasteiger partial charge in [-0.3, -0.25) is 0 Å². The molecule has 21 heavy (non-hydrogen) atoms. The number of nitrogens with zero attached hydrogens (tertiary/aromatic N) is 1. The molecule has 4 heteroatoms. The lowest BCUT2D eigenvalue weighted by Crippen LogP contribution is -2.47. The van der Waals surface area contributed by atoms with Crippen molar-refractivity contribution >= 4 is 23.2 Å². The van der Waals surface area contributed by atoms with Crippen LogP contribution in [-0.2, 0) is 4.57 Å². The van der Waals surface area contributed by atoms with Crippen LogP contribution in [0.2, 0.25) is 0 Å². The molecule has 0 radical (unpaired) electrons. The Hall–Kier alpha value is -2.38. The van der Waals surface area contributed by atoms with Crippen LogP contribution in [0.3, 0.4) is 0 Å². The van der Waals surface area contributed by atoms with Crippen LogP contribution in [0.5, 0.6) is 0 Å². The first-order chi connectivity index (χ1) is 10.2. The van der Waals surface area contributed by atoms with Crippen LogP contribution in [0.25, 0.3) is 0 Å². The summed E-state index contributed by atoms with van der Waals surface area (Å²) in [4.78, 5) is 0. The highest BCUT2D eigenvalue weighted by molar-refractivity contribution is 7.84. The molecule has 2 aromatic carbocycles. The fourth-order valence-electron chi connectivity index (χ4n) is 2.35. The third-order valence-electron chi connectivity index (χ3n) is 3.37. The second kappa shape index (κ2) is 5.55. The van der Waals surface area contributed by atoms with E-state index in [9.17, 15) is 9.77 Å². The average molecular weight is 295 g/mol. The van der Waals surface area contributed by atoms with Crippen molar-refractivity contribution in [1.29, 1.82) is 0 Å². The molecule has 0 aliphatic rings. The van der Waals surface area contributed by atoms with Crippen LogP contribution >= 0.6 is 7.14 Å². The minimum atomic E-state index is -3.16. The summed E-state index contributed by atoms with van der Waals surface area (Å²) >= 11 is 0. The molecule has 0 spiro atoms. The number of benzene rings is 2. The summed E-state index contributed by atoms with van der Waals surface area (Å²) < 4.78 is 14.5. The van der Waals surface area contributed by atoms with E-state index in [1.165, 1.54) is 6.20 Å². The fourth-order valence-corrected chi connectivity index (χ4v) is 5.00. The molecule has 0 aliphatic heterocycles. The maximum absolute atomic E-state index is 13.8. The summed E-state index contributed by atoms with van der Waals surface area (Å²) in [6.45, 7) is 0. The molecule has 3 rings (SSSR count). The van der Waals surface area contributed by atoms with E-state index in [1.807, 2.05) is 36.4 Å². The first-order valence-electron chi connectivity index (χ1n) is 6.63. The molecule has 3 nitrogen and oxygen atoms in total. The molecule has 0 bridgehead atoms. The van der Waals surface area contributed by atoms with Gasteiger partial charge in [0.2, 0.25) is 7.14 Å². The highest BCUT2D eigenvalue weighted by atomic mass is 31.2. The van der Waals surface area contributed by atoms with E-state index >= 15 is 0 Å². The van der Waals surface area contributed by atoms with E-state index in [0.717, 1.165) is 0 Å². The van der Waals surface area contributed by atoms with Crippen molar-refractivity contribution in [2.45, 2.75) is 0 Å². The molecule has 0 atom stereocenters. The molecule has 0 fully saturated rings. The molecule has 0 unspecified atom stereocenters. The predicted molar refractivity (Wildman–Crippen MR) is 84.8 cm³/mol. The third kappa shape index (κ3) is 2.37. The Bertz CT molecular complexity index is 745. The highest BCUT2D eigenvalue weighted by Gasteiger charge is 2.36. The van der Waals surface area contributed by atoms with Crippen LogP contribution in [0.1, 0.15) is 0 Å². The first-order valence-corrected chi connectivity index (χ1v) is 8.33. The molecular weight excluding hydrogens is 281 g/mol. The Morgan fingerprint density at radius 1 is 0.714 bits per heavy atom. The van der Waals surface area contributed by atoms with Gasteiger partial charge in [0.1, 0.15) is 0 Å². The summed E-state index contributed by atoms with van der Waals surface area (Å²) in [7, 11) is -3.16. The van der Waals surface area contributed by atoms with Crippen LogP contribution in [-0.4, -0.2) is 0 Å². The number of hydrogen-bond acceptors (Lipinski definition) is 2. The van der Waals surface area contributed by atoms with Gasteiger partial charge in [-0.1, -0.05) is 60.7 Å². The van der Waals surface area contributed by atoms with E-state index in [2.05, 4.69) is 0 Å². The van der Waals surface area contributed by atoms with Gasteiger partial charge < -0.3 is 9.77 Å². The zero-order chi connectivity index (χ0) is 14.7. The molecule has 104 valence electrons. The molecule has 0 aliphatic carbocycles. The van der Waals surface area contributed by atoms with Crippen molar-refractivity contribution in [2.75, 3.05) is 0 Å². The van der Waals surface area contributed by atoms with Gasteiger partial charge in [0.25, 0.3) is 5.44 Å². The summed E-state index contributed by atoms with van der Waals surface area (Å²) in [5.74, 6) is 0. The van der Waals surface area contributed by atoms with E-state index in [1.54, 1.807) is 42.5 Å². The molecule has 0 N–H and O–H groups in total. The number of aromatic nitrogens is 1. The molecule has 1 heterocycles. The fraction of sp³-hybridized carbons (Fsp3) is 0. The minimum absolute atomic E-state index is 0.280. The number of hydrogen-bond donors (Lipinski definition) is 0. The molecule has 0 saturated carbocycles. The van der Waals surface area contributed by atoms with Gasteiger partial charge in [0.15, 0.2) is 6.20 Å². The van der Waals surface area contributed by atoms with Crippen LogP contribution in [0.15, 0.2) is 85.1 Å². The summed E-state index contributed by atoms with van der Waals surface area (Å²) in [6, 6.07) is 23.3. The van der Waals surface area contributed by atoms with Gasteiger partial charge in [-0.05, 0) is 6.07 Å². The van der Waals surface area contributed by atoms with Gasteiger partial charge in [0.05, 0.1) is 0 Å². The van der Waals surface area contributed by atoms with E-state index in [-0.39, 0.29) is 5.44 Å². The molecule has 3 aromatic rings. The zero-order valence-electron chi connectivity index (χ0n) is 11.3.